The quantitative estimate of drug-likeness (QED) is 0.843. The van der Waals surface area contributed by atoms with Crippen molar-refractivity contribution in [2.45, 2.75) is 20.3 Å². The third kappa shape index (κ3) is 4.96. The summed E-state index contributed by atoms with van der Waals surface area (Å²) in [6.45, 7) is 7.61. The average Bonchev–Trinajstić information content (AvgIpc) is 2.68. The summed E-state index contributed by atoms with van der Waals surface area (Å²) in [4.78, 5) is 20.8. The maximum absolute atomic E-state index is 13.9. The van der Waals surface area contributed by atoms with Crippen molar-refractivity contribution in [1.29, 1.82) is 0 Å². The van der Waals surface area contributed by atoms with Crippen molar-refractivity contribution in [2.24, 2.45) is 5.92 Å². The topological polar surface area (TPSA) is 48.5 Å². The molecule has 0 aliphatic carbocycles. The Morgan fingerprint density at radius 1 is 1.15 bits per heavy atom. The number of hydrogen-bond donors (Lipinski definition) is 1. The van der Waals surface area contributed by atoms with Gasteiger partial charge in [0.25, 0.3) is 5.91 Å². The van der Waals surface area contributed by atoms with E-state index in [2.05, 4.69) is 24.1 Å². The number of para-hydroxylation sites is 1. The predicted molar refractivity (Wildman–Crippen MR) is 107 cm³/mol. The normalized spacial score (nSPS) is 14.5. The number of nitrogens with zero attached hydrogens (tertiary/aromatic N) is 3. The Labute approximate surface area is 160 Å². The van der Waals surface area contributed by atoms with Crippen LogP contribution in [0.5, 0.6) is 0 Å². The highest BCUT2D eigenvalue weighted by atomic mass is 19.1. The van der Waals surface area contributed by atoms with E-state index >= 15 is 0 Å². The number of pyridine rings is 1. The van der Waals surface area contributed by atoms with Crippen molar-refractivity contribution in [2.75, 3.05) is 42.9 Å². The number of amides is 1. The van der Waals surface area contributed by atoms with Crippen LogP contribution in [-0.4, -0.2) is 48.5 Å². The van der Waals surface area contributed by atoms with Crippen molar-refractivity contribution in [1.82, 2.24) is 9.88 Å². The molecule has 5 nitrogen and oxygen atoms in total. The lowest BCUT2D eigenvalue weighted by atomic mass is 10.1. The summed E-state index contributed by atoms with van der Waals surface area (Å²) in [7, 11) is 0. The van der Waals surface area contributed by atoms with E-state index in [0.717, 1.165) is 18.7 Å². The number of rotatable bonds is 6. The van der Waals surface area contributed by atoms with Crippen molar-refractivity contribution in [3.63, 3.8) is 0 Å². The molecular weight excluding hydrogens is 343 g/mol. The second kappa shape index (κ2) is 8.84. The SMILES string of the molecule is CC(C)CCNc1ccc(C(=O)N2CCN(c3ccccc3F)CC2)nc1. The fourth-order valence-corrected chi connectivity index (χ4v) is 3.15. The summed E-state index contributed by atoms with van der Waals surface area (Å²) in [6, 6.07) is 10.4. The van der Waals surface area contributed by atoms with Gasteiger partial charge in [0.1, 0.15) is 11.5 Å². The Bertz CT molecular complexity index is 755. The van der Waals surface area contributed by atoms with Crippen LogP contribution in [0.1, 0.15) is 30.8 Å². The first kappa shape index (κ1) is 19.1. The number of nitrogens with one attached hydrogen (secondary N) is 1. The minimum absolute atomic E-state index is 0.0723. The van der Waals surface area contributed by atoms with Gasteiger partial charge >= 0.3 is 0 Å². The van der Waals surface area contributed by atoms with Crippen LogP contribution < -0.4 is 10.2 Å². The van der Waals surface area contributed by atoms with Crippen molar-refractivity contribution in [3.8, 4) is 0 Å². The lowest BCUT2D eigenvalue weighted by molar-refractivity contribution is 0.0741. The lowest BCUT2D eigenvalue weighted by Gasteiger charge is -2.36. The molecule has 1 saturated heterocycles. The van der Waals surface area contributed by atoms with Crippen molar-refractivity contribution in [3.05, 3.63) is 54.1 Å². The summed E-state index contributed by atoms with van der Waals surface area (Å²) in [5.41, 5.74) is 1.97. The largest absolute Gasteiger partial charge is 0.384 e. The molecule has 0 atom stereocenters. The van der Waals surface area contributed by atoms with Crippen molar-refractivity contribution < 1.29 is 9.18 Å². The van der Waals surface area contributed by atoms with E-state index in [4.69, 9.17) is 0 Å². The van der Waals surface area contributed by atoms with Crippen LogP contribution in [-0.2, 0) is 0 Å². The standard InChI is InChI=1S/C21H27FN4O/c1-16(2)9-10-23-17-7-8-19(24-15-17)21(27)26-13-11-25(12-14-26)20-6-4-3-5-18(20)22/h3-8,15-16,23H,9-14H2,1-2H3. The molecule has 1 aliphatic rings. The van der Waals surface area contributed by atoms with Gasteiger partial charge in [0.15, 0.2) is 0 Å². The molecule has 1 amide bonds. The highest BCUT2D eigenvalue weighted by Gasteiger charge is 2.24. The van der Waals surface area contributed by atoms with Crippen LogP contribution in [0.4, 0.5) is 15.8 Å². The van der Waals surface area contributed by atoms with E-state index in [1.54, 1.807) is 29.3 Å². The molecule has 144 valence electrons. The number of hydrogen-bond acceptors (Lipinski definition) is 4. The molecule has 27 heavy (non-hydrogen) atoms. The Hall–Kier alpha value is -2.63. The van der Waals surface area contributed by atoms with Crippen LogP contribution in [0.2, 0.25) is 0 Å². The average molecular weight is 370 g/mol. The minimum Gasteiger partial charge on any atom is -0.384 e. The monoisotopic (exact) mass is 370 g/mol. The number of anilines is 2. The third-order valence-corrected chi connectivity index (χ3v) is 4.79. The zero-order valence-corrected chi connectivity index (χ0v) is 16.0. The highest BCUT2D eigenvalue weighted by Crippen LogP contribution is 2.20. The highest BCUT2D eigenvalue weighted by molar-refractivity contribution is 5.92. The zero-order valence-electron chi connectivity index (χ0n) is 16.0. The first-order valence-corrected chi connectivity index (χ1v) is 9.53. The van der Waals surface area contributed by atoms with E-state index in [1.165, 1.54) is 6.07 Å². The Balaban J connectivity index is 1.54. The molecule has 1 aliphatic heterocycles. The van der Waals surface area contributed by atoms with Gasteiger partial charge in [0, 0.05) is 32.7 Å². The van der Waals surface area contributed by atoms with E-state index in [9.17, 15) is 9.18 Å². The fourth-order valence-electron chi connectivity index (χ4n) is 3.15. The number of carbonyl (C=O) groups excluding carboxylic acids is 1. The lowest BCUT2D eigenvalue weighted by Crippen LogP contribution is -2.49. The molecule has 1 fully saturated rings. The molecule has 0 bridgehead atoms. The molecule has 1 N–H and O–H groups in total. The molecule has 2 aromatic rings. The van der Waals surface area contributed by atoms with Gasteiger partial charge in [0.05, 0.1) is 17.6 Å². The first-order chi connectivity index (χ1) is 13.0. The molecule has 1 aromatic heterocycles. The Morgan fingerprint density at radius 2 is 1.89 bits per heavy atom. The van der Waals surface area contributed by atoms with Crippen molar-refractivity contribution >= 4 is 17.3 Å². The van der Waals surface area contributed by atoms with Crippen LogP contribution in [0.25, 0.3) is 0 Å². The molecule has 3 rings (SSSR count). The zero-order chi connectivity index (χ0) is 19.2. The summed E-state index contributed by atoms with van der Waals surface area (Å²) >= 11 is 0. The molecule has 2 heterocycles. The number of aromatic nitrogens is 1. The molecule has 0 radical (unpaired) electrons. The van der Waals surface area contributed by atoms with E-state index in [1.807, 2.05) is 17.0 Å². The second-order valence-electron chi connectivity index (χ2n) is 7.27. The van der Waals surface area contributed by atoms with Crippen LogP contribution in [0.15, 0.2) is 42.6 Å². The number of carbonyl (C=O) groups is 1. The maximum atomic E-state index is 13.9. The summed E-state index contributed by atoms with van der Waals surface area (Å²) in [5.74, 6) is 0.353. The van der Waals surface area contributed by atoms with Gasteiger partial charge in [-0.25, -0.2) is 9.37 Å². The summed E-state index contributed by atoms with van der Waals surface area (Å²) in [6.07, 6.45) is 2.80. The summed E-state index contributed by atoms with van der Waals surface area (Å²) < 4.78 is 13.9. The van der Waals surface area contributed by atoms with Gasteiger partial charge in [0.2, 0.25) is 0 Å². The van der Waals surface area contributed by atoms with Gasteiger partial charge in [-0.3, -0.25) is 4.79 Å². The summed E-state index contributed by atoms with van der Waals surface area (Å²) in [5, 5.41) is 3.32. The Morgan fingerprint density at radius 3 is 2.52 bits per heavy atom. The number of halogens is 1. The molecule has 0 unspecified atom stereocenters. The predicted octanol–water partition coefficient (Wildman–Crippen LogP) is 3.64. The molecular formula is C21H27FN4O. The molecule has 0 saturated carbocycles. The third-order valence-electron chi connectivity index (χ3n) is 4.79. The van der Waals surface area contributed by atoms with Gasteiger partial charge in [-0.2, -0.15) is 0 Å². The van der Waals surface area contributed by atoms with E-state index in [0.29, 0.717) is 43.5 Å². The van der Waals surface area contributed by atoms with Gasteiger partial charge in [-0.15, -0.1) is 0 Å². The van der Waals surface area contributed by atoms with E-state index in [-0.39, 0.29) is 11.7 Å². The van der Waals surface area contributed by atoms with Crippen LogP contribution in [0, 0.1) is 11.7 Å². The fraction of sp³-hybridized carbons (Fsp3) is 0.429. The molecule has 6 heteroatoms. The Kier molecular flexibility index (Phi) is 6.27. The maximum Gasteiger partial charge on any atom is 0.272 e. The van der Waals surface area contributed by atoms with Gasteiger partial charge in [-0.05, 0) is 36.6 Å². The van der Waals surface area contributed by atoms with Crippen LogP contribution >= 0.6 is 0 Å². The van der Waals surface area contributed by atoms with Gasteiger partial charge in [-0.1, -0.05) is 26.0 Å². The second-order valence-corrected chi connectivity index (χ2v) is 7.27. The molecule has 0 spiro atoms. The molecule has 1 aromatic carbocycles. The minimum atomic E-state index is -0.223. The number of benzene rings is 1. The van der Waals surface area contributed by atoms with Gasteiger partial charge < -0.3 is 15.1 Å². The van der Waals surface area contributed by atoms with Crippen LogP contribution in [0.3, 0.4) is 0 Å². The smallest absolute Gasteiger partial charge is 0.272 e. The first-order valence-electron chi connectivity index (χ1n) is 9.53. The number of piperazine rings is 1. The van der Waals surface area contributed by atoms with E-state index < -0.39 is 0 Å².